The van der Waals surface area contributed by atoms with Gasteiger partial charge in [0.1, 0.15) is 5.60 Å². The molecular weight excluding hydrogens is 270 g/mol. The van der Waals surface area contributed by atoms with Crippen LogP contribution in [0, 0.1) is 0 Å². The van der Waals surface area contributed by atoms with Gasteiger partial charge < -0.3 is 15.2 Å². The van der Waals surface area contributed by atoms with Gasteiger partial charge in [-0.25, -0.2) is 9.59 Å². The number of hydrogen-bond acceptors (Lipinski definition) is 3. The van der Waals surface area contributed by atoms with Crippen LogP contribution >= 0.6 is 0 Å². The molecule has 5 heteroatoms. The van der Waals surface area contributed by atoms with Gasteiger partial charge in [0.05, 0.1) is 5.56 Å². The van der Waals surface area contributed by atoms with E-state index in [2.05, 4.69) is 5.32 Å². The molecule has 2 N–H and O–H groups in total. The summed E-state index contributed by atoms with van der Waals surface area (Å²) in [5.74, 6) is -0.926. The first kappa shape index (κ1) is 15.4. The van der Waals surface area contributed by atoms with Gasteiger partial charge in [0, 0.05) is 6.04 Å². The number of benzene rings is 1. The van der Waals surface area contributed by atoms with E-state index in [1.807, 2.05) is 26.8 Å². The normalized spacial score (nSPS) is 17.8. The van der Waals surface area contributed by atoms with Gasteiger partial charge >= 0.3 is 12.1 Å². The van der Waals surface area contributed by atoms with Crippen LogP contribution in [0.5, 0.6) is 0 Å². The zero-order valence-electron chi connectivity index (χ0n) is 12.6. The summed E-state index contributed by atoms with van der Waals surface area (Å²) >= 11 is 0. The molecule has 5 nitrogen and oxygen atoms in total. The van der Waals surface area contributed by atoms with Crippen LogP contribution in [-0.4, -0.2) is 28.8 Å². The van der Waals surface area contributed by atoms with Crippen molar-refractivity contribution in [2.24, 2.45) is 0 Å². The smallest absolute Gasteiger partial charge is 0.407 e. The average molecular weight is 291 g/mol. The van der Waals surface area contributed by atoms with Gasteiger partial charge in [-0.3, -0.25) is 0 Å². The first-order valence-corrected chi connectivity index (χ1v) is 7.10. The Morgan fingerprint density at radius 1 is 1.33 bits per heavy atom. The minimum Gasteiger partial charge on any atom is -0.478 e. The molecule has 1 aromatic rings. The fourth-order valence-corrected chi connectivity index (χ4v) is 2.59. The summed E-state index contributed by atoms with van der Waals surface area (Å²) in [6.45, 7) is 5.43. The van der Waals surface area contributed by atoms with E-state index >= 15 is 0 Å². The number of aryl methyl sites for hydroxylation is 1. The SMILES string of the molecule is CC(C)(C)OC(=O)N[C@@H]1CCc2cccc(C(=O)O)c2C1. The second-order valence-corrected chi connectivity index (χ2v) is 6.33. The second-order valence-electron chi connectivity index (χ2n) is 6.33. The predicted molar refractivity (Wildman–Crippen MR) is 78.6 cm³/mol. The lowest BCUT2D eigenvalue weighted by atomic mass is 9.85. The molecule has 114 valence electrons. The molecule has 0 aromatic heterocycles. The van der Waals surface area contributed by atoms with Crippen molar-refractivity contribution in [1.82, 2.24) is 5.32 Å². The first-order valence-electron chi connectivity index (χ1n) is 7.10. The maximum absolute atomic E-state index is 11.8. The zero-order chi connectivity index (χ0) is 15.6. The lowest BCUT2D eigenvalue weighted by Crippen LogP contribution is -2.42. The Balaban J connectivity index is 2.09. The summed E-state index contributed by atoms with van der Waals surface area (Å²) in [4.78, 5) is 23.1. The number of rotatable bonds is 2. The molecule has 1 aliphatic rings. The van der Waals surface area contributed by atoms with Crippen LogP contribution in [0.2, 0.25) is 0 Å². The largest absolute Gasteiger partial charge is 0.478 e. The summed E-state index contributed by atoms with van der Waals surface area (Å²) in [7, 11) is 0. The van der Waals surface area contributed by atoms with E-state index in [0.29, 0.717) is 12.0 Å². The maximum Gasteiger partial charge on any atom is 0.407 e. The van der Waals surface area contributed by atoms with Gasteiger partial charge in [0.2, 0.25) is 0 Å². The predicted octanol–water partition coefficient (Wildman–Crippen LogP) is 2.77. The highest BCUT2D eigenvalue weighted by Crippen LogP contribution is 2.25. The molecule has 0 saturated carbocycles. The summed E-state index contributed by atoms with van der Waals surface area (Å²) in [5.41, 5.74) is 1.65. The minimum atomic E-state index is -0.926. The van der Waals surface area contributed by atoms with Crippen LogP contribution in [-0.2, 0) is 17.6 Å². The minimum absolute atomic E-state index is 0.0900. The highest BCUT2D eigenvalue weighted by molar-refractivity contribution is 5.90. The number of alkyl carbamates (subject to hydrolysis) is 1. The van der Waals surface area contributed by atoms with Crippen LogP contribution in [0.15, 0.2) is 18.2 Å². The Bertz CT molecular complexity index is 560. The number of fused-ring (bicyclic) bond motifs is 1. The third-order valence-corrected chi connectivity index (χ3v) is 3.44. The number of carbonyl (C=O) groups excluding carboxylic acids is 1. The van der Waals surface area contributed by atoms with Crippen molar-refractivity contribution < 1.29 is 19.4 Å². The molecule has 0 spiro atoms. The Hall–Kier alpha value is -2.04. The highest BCUT2D eigenvalue weighted by Gasteiger charge is 2.26. The van der Waals surface area contributed by atoms with Crippen LogP contribution in [0.25, 0.3) is 0 Å². The molecule has 0 saturated heterocycles. The molecule has 1 amide bonds. The Morgan fingerprint density at radius 2 is 2.05 bits per heavy atom. The third kappa shape index (κ3) is 3.97. The van der Waals surface area contributed by atoms with Gasteiger partial charge in [-0.15, -0.1) is 0 Å². The maximum atomic E-state index is 11.8. The number of carbonyl (C=O) groups is 2. The Labute approximate surface area is 124 Å². The number of ether oxygens (including phenoxy) is 1. The number of hydrogen-bond donors (Lipinski definition) is 2. The Kier molecular flexibility index (Phi) is 4.21. The summed E-state index contributed by atoms with van der Waals surface area (Å²) in [6.07, 6.45) is 1.62. The van der Waals surface area contributed by atoms with Gasteiger partial charge in [0.15, 0.2) is 0 Å². The van der Waals surface area contributed by atoms with Crippen LogP contribution in [0.3, 0.4) is 0 Å². The summed E-state index contributed by atoms with van der Waals surface area (Å²) in [6, 6.07) is 5.24. The second kappa shape index (κ2) is 5.76. The van der Waals surface area contributed by atoms with E-state index in [0.717, 1.165) is 24.0 Å². The van der Waals surface area contributed by atoms with Crippen molar-refractivity contribution in [3.8, 4) is 0 Å². The quantitative estimate of drug-likeness (QED) is 0.878. The van der Waals surface area contributed by atoms with E-state index in [4.69, 9.17) is 4.74 Å². The standard InChI is InChI=1S/C16H21NO4/c1-16(2,3)21-15(20)17-11-8-7-10-5-4-6-12(14(18)19)13(10)9-11/h4-6,11H,7-9H2,1-3H3,(H,17,20)(H,18,19)/t11-/m1/s1. The average Bonchev–Trinajstić information content (AvgIpc) is 2.35. The van der Waals surface area contributed by atoms with Gasteiger partial charge in [-0.05, 0) is 57.2 Å². The van der Waals surface area contributed by atoms with E-state index in [1.54, 1.807) is 12.1 Å². The molecule has 0 heterocycles. The summed E-state index contributed by atoms with van der Waals surface area (Å²) in [5, 5.41) is 12.1. The lowest BCUT2D eigenvalue weighted by Gasteiger charge is -2.28. The number of aromatic carboxylic acids is 1. The lowest BCUT2D eigenvalue weighted by molar-refractivity contribution is 0.0500. The number of carboxylic acid groups (broad SMARTS) is 1. The van der Waals surface area contributed by atoms with Crippen LogP contribution in [0.4, 0.5) is 4.79 Å². The molecule has 21 heavy (non-hydrogen) atoms. The fraction of sp³-hybridized carbons (Fsp3) is 0.500. The van der Waals surface area contributed by atoms with Crippen molar-refractivity contribution in [2.75, 3.05) is 0 Å². The van der Waals surface area contributed by atoms with Gasteiger partial charge in [-0.1, -0.05) is 12.1 Å². The number of amides is 1. The summed E-state index contributed by atoms with van der Waals surface area (Å²) < 4.78 is 5.24. The van der Waals surface area contributed by atoms with Gasteiger partial charge in [-0.2, -0.15) is 0 Å². The highest BCUT2D eigenvalue weighted by atomic mass is 16.6. The van der Waals surface area contributed by atoms with E-state index in [1.165, 1.54) is 0 Å². The van der Waals surface area contributed by atoms with E-state index < -0.39 is 17.7 Å². The van der Waals surface area contributed by atoms with Crippen LogP contribution < -0.4 is 5.32 Å². The van der Waals surface area contributed by atoms with Crippen molar-refractivity contribution in [3.63, 3.8) is 0 Å². The first-order chi connectivity index (χ1) is 9.76. The molecule has 0 aliphatic heterocycles. The third-order valence-electron chi connectivity index (χ3n) is 3.44. The van der Waals surface area contributed by atoms with E-state index in [9.17, 15) is 14.7 Å². The van der Waals surface area contributed by atoms with Gasteiger partial charge in [0.25, 0.3) is 0 Å². The van der Waals surface area contributed by atoms with Crippen molar-refractivity contribution in [2.45, 2.75) is 51.7 Å². The number of carboxylic acids is 1. The molecule has 1 aliphatic carbocycles. The molecular formula is C16H21NO4. The topological polar surface area (TPSA) is 75.6 Å². The number of nitrogens with one attached hydrogen (secondary N) is 1. The van der Waals surface area contributed by atoms with Crippen molar-refractivity contribution >= 4 is 12.1 Å². The molecule has 0 radical (unpaired) electrons. The van der Waals surface area contributed by atoms with Crippen molar-refractivity contribution in [1.29, 1.82) is 0 Å². The molecule has 0 unspecified atom stereocenters. The fourth-order valence-electron chi connectivity index (χ4n) is 2.59. The molecule has 1 atom stereocenters. The zero-order valence-corrected chi connectivity index (χ0v) is 12.6. The van der Waals surface area contributed by atoms with E-state index in [-0.39, 0.29) is 6.04 Å². The van der Waals surface area contributed by atoms with Crippen molar-refractivity contribution in [3.05, 3.63) is 34.9 Å². The monoisotopic (exact) mass is 291 g/mol. The molecule has 0 bridgehead atoms. The molecule has 1 aromatic carbocycles. The Morgan fingerprint density at radius 3 is 2.67 bits per heavy atom. The van der Waals surface area contributed by atoms with Crippen LogP contribution in [0.1, 0.15) is 48.7 Å². The molecule has 2 rings (SSSR count). The molecule has 0 fully saturated rings.